The van der Waals surface area contributed by atoms with Crippen LogP contribution in [0.3, 0.4) is 0 Å². The average Bonchev–Trinajstić information content (AvgIpc) is 3.36. The van der Waals surface area contributed by atoms with E-state index in [1.165, 1.54) is 12.1 Å². The first kappa shape index (κ1) is 17.9. The Bertz CT molecular complexity index is 1300. The number of halogens is 2. The van der Waals surface area contributed by atoms with E-state index in [9.17, 15) is 4.39 Å². The molecule has 0 spiro atoms. The molecule has 0 amide bonds. The molecule has 2 aliphatic rings. The van der Waals surface area contributed by atoms with Gasteiger partial charge in [0.1, 0.15) is 11.6 Å². The summed E-state index contributed by atoms with van der Waals surface area (Å²) in [5, 5.41) is 9.09. The van der Waals surface area contributed by atoms with E-state index in [1.807, 2.05) is 18.2 Å². The second-order valence-electron chi connectivity index (χ2n) is 7.67. The van der Waals surface area contributed by atoms with Gasteiger partial charge in [0, 0.05) is 65.3 Å². The van der Waals surface area contributed by atoms with Crippen molar-refractivity contribution < 1.29 is 13.7 Å². The minimum Gasteiger partial charge on any atom is -0.481 e. The highest BCUT2D eigenvalue weighted by Crippen LogP contribution is 2.47. The number of rotatable bonds is 2. The van der Waals surface area contributed by atoms with Crippen molar-refractivity contribution in [1.29, 1.82) is 0 Å². The van der Waals surface area contributed by atoms with Crippen molar-refractivity contribution in [3.63, 3.8) is 0 Å². The molecule has 0 saturated carbocycles. The number of nitrogens with zero attached hydrogens (tertiary/aromatic N) is 2. The van der Waals surface area contributed by atoms with Crippen LogP contribution >= 0.6 is 11.6 Å². The van der Waals surface area contributed by atoms with Crippen LogP contribution in [0.1, 0.15) is 28.7 Å². The molecule has 1 atom stereocenters. The van der Waals surface area contributed by atoms with Gasteiger partial charge in [0.15, 0.2) is 11.9 Å². The van der Waals surface area contributed by atoms with Gasteiger partial charge in [0.05, 0.1) is 11.2 Å². The molecular formula is C23H17ClFN3O2. The van der Waals surface area contributed by atoms with E-state index >= 15 is 0 Å². The molecule has 1 N–H and O–H groups in total. The predicted molar refractivity (Wildman–Crippen MR) is 111 cm³/mol. The Labute approximate surface area is 176 Å². The van der Waals surface area contributed by atoms with E-state index in [2.05, 4.69) is 15.5 Å². The summed E-state index contributed by atoms with van der Waals surface area (Å²) in [6, 6.07) is 10.3. The van der Waals surface area contributed by atoms with Crippen molar-refractivity contribution in [3.8, 4) is 16.9 Å². The number of hydrogen-bond donors (Lipinski definition) is 1. The van der Waals surface area contributed by atoms with Gasteiger partial charge < -0.3 is 14.6 Å². The Morgan fingerprint density at radius 2 is 2.07 bits per heavy atom. The highest BCUT2D eigenvalue weighted by Gasteiger charge is 2.34. The standard InChI is InChI=1S/C23H17ClFN3O2/c24-13-7-12-8-21(23-18-11-26-5-4-19(18)28-30-23)29-22(12)17(9-13)15-3-6-27-20-10-14(25)1-2-16(15)20/h1-3,6-7,9-10,21,26H,4-5,8,11H2. The maximum absolute atomic E-state index is 13.7. The van der Waals surface area contributed by atoms with Gasteiger partial charge in [-0.15, -0.1) is 0 Å². The first-order valence-electron chi connectivity index (χ1n) is 9.89. The van der Waals surface area contributed by atoms with Crippen LogP contribution in [0.25, 0.3) is 22.0 Å². The van der Waals surface area contributed by atoms with E-state index < -0.39 is 0 Å². The summed E-state index contributed by atoms with van der Waals surface area (Å²) in [7, 11) is 0. The molecule has 150 valence electrons. The smallest absolute Gasteiger partial charge is 0.182 e. The third-order valence-electron chi connectivity index (χ3n) is 5.82. The van der Waals surface area contributed by atoms with Gasteiger partial charge in [-0.05, 0) is 35.9 Å². The molecule has 2 aromatic heterocycles. The van der Waals surface area contributed by atoms with Crippen LogP contribution < -0.4 is 10.1 Å². The van der Waals surface area contributed by atoms with E-state index in [0.717, 1.165) is 64.4 Å². The van der Waals surface area contributed by atoms with E-state index in [0.29, 0.717) is 17.0 Å². The Hall–Kier alpha value is -2.96. The summed E-state index contributed by atoms with van der Waals surface area (Å²) < 4.78 is 25.8. The number of hydrogen-bond acceptors (Lipinski definition) is 5. The lowest BCUT2D eigenvalue weighted by Gasteiger charge is -2.15. The van der Waals surface area contributed by atoms with Crippen LogP contribution in [0.4, 0.5) is 4.39 Å². The maximum Gasteiger partial charge on any atom is 0.182 e. The number of benzene rings is 2. The van der Waals surface area contributed by atoms with Crippen LogP contribution in [0.5, 0.6) is 5.75 Å². The van der Waals surface area contributed by atoms with Gasteiger partial charge in [-0.25, -0.2) is 4.39 Å². The van der Waals surface area contributed by atoms with Crippen molar-refractivity contribution in [1.82, 2.24) is 15.5 Å². The molecule has 6 rings (SSSR count). The first-order valence-corrected chi connectivity index (χ1v) is 10.3. The molecule has 4 heterocycles. The lowest BCUT2D eigenvalue weighted by atomic mass is 9.97. The molecule has 0 radical (unpaired) electrons. The fourth-order valence-electron chi connectivity index (χ4n) is 4.44. The summed E-state index contributed by atoms with van der Waals surface area (Å²) in [5.74, 6) is 1.23. The zero-order valence-electron chi connectivity index (χ0n) is 15.9. The molecular weight excluding hydrogens is 405 g/mol. The minimum atomic E-state index is -0.316. The van der Waals surface area contributed by atoms with Gasteiger partial charge in [0.25, 0.3) is 0 Å². The normalized spacial score (nSPS) is 17.6. The third kappa shape index (κ3) is 2.79. The molecule has 7 heteroatoms. The molecule has 1 unspecified atom stereocenters. The monoisotopic (exact) mass is 421 g/mol. The molecule has 4 aromatic rings. The Morgan fingerprint density at radius 3 is 3.00 bits per heavy atom. The molecule has 2 aromatic carbocycles. The largest absolute Gasteiger partial charge is 0.481 e. The summed E-state index contributed by atoms with van der Waals surface area (Å²) in [5.41, 5.74) is 5.47. The molecule has 30 heavy (non-hydrogen) atoms. The van der Waals surface area contributed by atoms with Crippen molar-refractivity contribution in [2.24, 2.45) is 0 Å². The van der Waals surface area contributed by atoms with E-state index in [4.69, 9.17) is 20.9 Å². The Kier molecular flexibility index (Phi) is 4.04. The number of nitrogens with one attached hydrogen (secondary N) is 1. The third-order valence-corrected chi connectivity index (χ3v) is 6.04. The lowest BCUT2D eigenvalue weighted by Crippen LogP contribution is -2.24. The number of pyridine rings is 1. The lowest BCUT2D eigenvalue weighted by molar-refractivity contribution is 0.189. The quantitative estimate of drug-likeness (QED) is 0.493. The van der Waals surface area contributed by atoms with Crippen LogP contribution in [-0.4, -0.2) is 16.7 Å². The van der Waals surface area contributed by atoms with Gasteiger partial charge in [-0.3, -0.25) is 4.98 Å². The topological polar surface area (TPSA) is 60.2 Å². The first-order chi connectivity index (χ1) is 14.7. The Balaban J connectivity index is 1.46. The molecule has 2 aliphatic heterocycles. The van der Waals surface area contributed by atoms with Crippen molar-refractivity contribution >= 4 is 22.5 Å². The number of fused-ring (bicyclic) bond motifs is 3. The summed E-state index contributed by atoms with van der Waals surface area (Å²) >= 11 is 6.47. The number of aromatic nitrogens is 2. The van der Waals surface area contributed by atoms with Crippen LogP contribution in [0.2, 0.25) is 5.02 Å². The van der Waals surface area contributed by atoms with Gasteiger partial charge in [0.2, 0.25) is 0 Å². The van der Waals surface area contributed by atoms with Crippen LogP contribution in [-0.2, 0) is 19.4 Å². The van der Waals surface area contributed by atoms with Crippen LogP contribution in [0, 0.1) is 5.82 Å². The zero-order chi connectivity index (χ0) is 20.2. The molecule has 0 aliphatic carbocycles. The van der Waals surface area contributed by atoms with Gasteiger partial charge in [-0.1, -0.05) is 16.8 Å². The molecule has 0 bridgehead atoms. The van der Waals surface area contributed by atoms with E-state index in [1.54, 1.807) is 12.3 Å². The fourth-order valence-corrected chi connectivity index (χ4v) is 4.68. The zero-order valence-corrected chi connectivity index (χ0v) is 16.7. The van der Waals surface area contributed by atoms with Crippen LogP contribution in [0.15, 0.2) is 47.1 Å². The summed E-state index contributed by atoms with van der Waals surface area (Å²) in [4.78, 5) is 4.30. The van der Waals surface area contributed by atoms with Crippen molar-refractivity contribution in [2.45, 2.75) is 25.5 Å². The highest BCUT2D eigenvalue weighted by atomic mass is 35.5. The average molecular weight is 422 g/mol. The maximum atomic E-state index is 13.7. The predicted octanol–water partition coefficient (Wildman–Crippen LogP) is 5.00. The minimum absolute atomic E-state index is 0.251. The van der Waals surface area contributed by atoms with E-state index in [-0.39, 0.29) is 11.9 Å². The number of ether oxygens (including phenoxy) is 1. The van der Waals surface area contributed by atoms with Crippen molar-refractivity contribution in [3.05, 3.63) is 76.0 Å². The summed E-state index contributed by atoms with van der Waals surface area (Å²) in [6.45, 7) is 1.64. The Morgan fingerprint density at radius 1 is 1.13 bits per heavy atom. The molecule has 0 saturated heterocycles. The van der Waals surface area contributed by atoms with Gasteiger partial charge in [-0.2, -0.15) is 0 Å². The van der Waals surface area contributed by atoms with Crippen molar-refractivity contribution in [2.75, 3.05) is 6.54 Å². The SMILES string of the molecule is Fc1ccc2c(-c3cc(Cl)cc4c3OC(c3onc5c3CNCC5)C4)ccnc2c1. The second-order valence-corrected chi connectivity index (χ2v) is 8.11. The second kappa shape index (κ2) is 6.79. The van der Waals surface area contributed by atoms with Gasteiger partial charge >= 0.3 is 0 Å². The summed E-state index contributed by atoms with van der Waals surface area (Å²) in [6.07, 6.45) is 2.94. The molecule has 0 fully saturated rings. The molecule has 5 nitrogen and oxygen atoms in total. The fraction of sp³-hybridized carbons (Fsp3) is 0.217. The highest BCUT2D eigenvalue weighted by molar-refractivity contribution is 6.31.